The summed E-state index contributed by atoms with van der Waals surface area (Å²) in [7, 11) is -1.09. The average Bonchev–Trinajstić information content (AvgIpc) is 3.68. The first kappa shape index (κ1) is 35.3. The predicted octanol–water partition coefficient (Wildman–Crippen LogP) is 7.10. The zero-order valence-corrected chi connectivity index (χ0v) is 30.0. The number of hydrogen-bond donors (Lipinski definition) is 5. The van der Waals surface area contributed by atoms with E-state index in [4.69, 9.17) is 4.74 Å². The third kappa shape index (κ3) is 10.2. The molecule has 6 rings (SSSR count). The van der Waals surface area contributed by atoms with E-state index in [1.54, 1.807) is 18.6 Å². The zero-order chi connectivity index (χ0) is 34.1. The Hall–Kier alpha value is -4.04. The molecule has 4 aromatic heterocycles. The lowest BCUT2D eigenvalue weighted by atomic mass is 9.86. The van der Waals surface area contributed by atoms with Gasteiger partial charge in [-0.25, -0.2) is 29.5 Å². The van der Waals surface area contributed by atoms with E-state index in [0.29, 0.717) is 30.2 Å². The molecular weight excluding hydrogens is 625 g/mol. The number of rotatable bonds is 9. The quantitative estimate of drug-likeness (QED) is 0.0932. The van der Waals surface area contributed by atoms with E-state index >= 15 is 0 Å². The fourth-order valence-corrected chi connectivity index (χ4v) is 7.02. The number of ether oxygens (including phenoxy) is 1. The summed E-state index contributed by atoms with van der Waals surface area (Å²) in [6.45, 7) is 12.6. The van der Waals surface area contributed by atoms with Crippen LogP contribution in [-0.4, -0.2) is 68.3 Å². The van der Waals surface area contributed by atoms with Crippen molar-refractivity contribution < 1.29 is 14.3 Å². The molecule has 0 unspecified atom stereocenters. The molecule has 4 aromatic rings. The van der Waals surface area contributed by atoms with Crippen LogP contribution in [0.1, 0.15) is 65.2 Å². The van der Waals surface area contributed by atoms with Crippen LogP contribution in [0.3, 0.4) is 0 Å². The van der Waals surface area contributed by atoms with Gasteiger partial charge in [-0.2, -0.15) is 0 Å². The normalized spacial score (nSPS) is 21.3. The number of H-pyrrole nitrogens is 1. The first-order chi connectivity index (χ1) is 23.0. The number of nitrogens with one attached hydrogen (secondary N) is 5. The highest BCUT2D eigenvalue weighted by Gasteiger charge is 2.24. The SMILES string of the molecule is C[C@@H]1CCCC[C@@H]1NC(=O)Nc1cnc2[nH]ccc2n1.C[C@@H]1CCCC[C@@H]1NC(=O)Nc1cnc2c(ccn2COCC[Si](C)(C)C)n1. The van der Waals surface area contributed by atoms with Crippen LogP contribution in [0.25, 0.3) is 22.3 Å². The fraction of sp³-hybridized carbons (Fsp3) is 0.588. The summed E-state index contributed by atoms with van der Waals surface area (Å²) in [5.74, 6) is 1.99. The van der Waals surface area contributed by atoms with Crippen molar-refractivity contribution in [3.8, 4) is 0 Å². The monoisotopic (exact) mass is 676 g/mol. The number of fused-ring (bicyclic) bond motifs is 2. The van der Waals surface area contributed by atoms with Crippen molar-refractivity contribution in [2.75, 3.05) is 17.2 Å². The van der Waals surface area contributed by atoms with Gasteiger partial charge >= 0.3 is 12.1 Å². The van der Waals surface area contributed by atoms with E-state index in [-0.39, 0.29) is 24.1 Å². The number of anilines is 2. The Bertz CT molecular complexity index is 1650. The summed E-state index contributed by atoms with van der Waals surface area (Å²) in [5, 5.41) is 11.7. The Labute approximate surface area is 283 Å². The van der Waals surface area contributed by atoms with Crippen LogP contribution >= 0.6 is 0 Å². The van der Waals surface area contributed by atoms with E-state index < -0.39 is 8.07 Å². The van der Waals surface area contributed by atoms with Crippen molar-refractivity contribution in [3.05, 3.63) is 36.9 Å². The highest BCUT2D eigenvalue weighted by molar-refractivity contribution is 6.76. The second-order valence-corrected chi connectivity index (χ2v) is 20.1. The van der Waals surface area contributed by atoms with Gasteiger partial charge in [0.15, 0.2) is 22.9 Å². The Kier molecular flexibility index (Phi) is 12.0. The minimum atomic E-state index is -1.09. The molecule has 48 heavy (non-hydrogen) atoms. The number of urea groups is 2. The topological polar surface area (TPSA) is 164 Å². The second-order valence-electron chi connectivity index (χ2n) is 14.5. The smallest absolute Gasteiger partial charge is 0.320 e. The number of carbonyl (C=O) groups excluding carboxylic acids is 2. The Morgan fingerprint density at radius 3 is 2.04 bits per heavy atom. The maximum Gasteiger partial charge on any atom is 0.320 e. The van der Waals surface area contributed by atoms with E-state index in [9.17, 15) is 9.59 Å². The maximum absolute atomic E-state index is 12.3. The van der Waals surface area contributed by atoms with Crippen LogP contribution in [0.4, 0.5) is 21.2 Å². The second kappa shape index (κ2) is 16.4. The molecule has 2 aliphatic carbocycles. The molecule has 0 spiro atoms. The van der Waals surface area contributed by atoms with E-state index in [1.165, 1.54) is 38.5 Å². The highest BCUT2D eigenvalue weighted by Crippen LogP contribution is 2.25. The van der Waals surface area contributed by atoms with Gasteiger partial charge in [-0.15, -0.1) is 0 Å². The predicted molar refractivity (Wildman–Crippen MR) is 193 cm³/mol. The highest BCUT2D eigenvalue weighted by atomic mass is 28.3. The molecular formula is C34H52N10O3Si. The van der Waals surface area contributed by atoms with Crippen LogP contribution < -0.4 is 21.3 Å². The van der Waals surface area contributed by atoms with Gasteiger partial charge in [0.2, 0.25) is 0 Å². The van der Waals surface area contributed by atoms with Crippen LogP contribution in [0.2, 0.25) is 25.7 Å². The van der Waals surface area contributed by atoms with Crippen molar-refractivity contribution in [2.24, 2.45) is 11.8 Å². The molecule has 0 radical (unpaired) electrons. The minimum Gasteiger partial charge on any atom is -0.361 e. The van der Waals surface area contributed by atoms with Crippen molar-refractivity contribution in [3.63, 3.8) is 0 Å². The molecule has 0 bridgehead atoms. The lowest BCUT2D eigenvalue weighted by Gasteiger charge is -2.29. The molecule has 0 aromatic carbocycles. The van der Waals surface area contributed by atoms with Gasteiger partial charge in [-0.05, 0) is 55.7 Å². The lowest BCUT2D eigenvalue weighted by molar-refractivity contribution is 0.0899. The molecule has 5 N–H and O–H groups in total. The zero-order valence-electron chi connectivity index (χ0n) is 29.0. The molecule has 0 aliphatic heterocycles. The van der Waals surface area contributed by atoms with E-state index in [1.807, 2.05) is 22.9 Å². The van der Waals surface area contributed by atoms with E-state index in [2.05, 4.69) is 79.7 Å². The molecule has 260 valence electrons. The van der Waals surface area contributed by atoms with Crippen molar-refractivity contribution in [2.45, 2.75) is 110 Å². The average molecular weight is 677 g/mol. The van der Waals surface area contributed by atoms with Crippen LogP contribution in [0, 0.1) is 11.8 Å². The first-order valence-electron chi connectivity index (χ1n) is 17.4. The maximum atomic E-state index is 12.3. The number of hydrogen-bond acceptors (Lipinski definition) is 7. The summed E-state index contributed by atoms with van der Waals surface area (Å²) in [5.41, 5.74) is 2.98. The summed E-state index contributed by atoms with van der Waals surface area (Å²) in [6.07, 6.45) is 16.2. The van der Waals surface area contributed by atoms with Gasteiger partial charge < -0.3 is 24.9 Å². The van der Waals surface area contributed by atoms with Crippen molar-refractivity contribution in [1.82, 2.24) is 40.1 Å². The first-order valence-corrected chi connectivity index (χ1v) is 21.1. The van der Waals surface area contributed by atoms with Gasteiger partial charge in [-0.3, -0.25) is 10.6 Å². The standard InChI is InChI=1S/C20H33N5O2Si.C14H19N5O/c1-15-7-5-6-8-16(15)23-20(26)24-18-13-21-19-17(22-18)9-10-25(19)14-27-11-12-28(2,3)4;1-9-4-2-3-5-10(9)18-14(20)19-12-8-16-13-11(17-12)6-7-15-13/h9-10,13,15-16H,5-8,11-12,14H2,1-4H3,(H2,22,23,24,26);6-10H,2-5H2,1H3,(H,15,16)(H2,17,18,19,20)/t15-,16+;9-,10+/m11/s1. The number of aromatic amines is 1. The van der Waals surface area contributed by atoms with Gasteiger partial charge in [0.05, 0.1) is 12.4 Å². The van der Waals surface area contributed by atoms with Crippen molar-refractivity contribution >= 4 is 54.1 Å². The summed E-state index contributed by atoms with van der Waals surface area (Å²) < 4.78 is 7.75. The number of nitrogens with zero attached hydrogens (tertiary/aromatic N) is 5. The fourth-order valence-electron chi connectivity index (χ4n) is 6.26. The van der Waals surface area contributed by atoms with E-state index in [0.717, 1.165) is 47.8 Å². The molecule has 2 aliphatic rings. The van der Waals surface area contributed by atoms with Gasteiger partial charge in [0, 0.05) is 39.2 Å². The Morgan fingerprint density at radius 2 is 1.44 bits per heavy atom. The molecule has 14 heteroatoms. The molecule has 2 fully saturated rings. The van der Waals surface area contributed by atoms with Gasteiger partial charge in [-0.1, -0.05) is 59.2 Å². The third-order valence-corrected chi connectivity index (χ3v) is 11.0. The minimum absolute atomic E-state index is 0.201. The van der Waals surface area contributed by atoms with Crippen LogP contribution in [-0.2, 0) is 11.5 Å². The molecule has 0 saturated heterocycles. The molecule has 13 nitrogen and oxygen atoms in total. The molecule has 4 amide bonds. The van der Waals surface area contributed by atoms with Crippen molar-refractivity contribution in [1.29, 1.82) is 0 Å². The summed E-state index contributed by atoms with van der Waals surface area (Å²) in [6, 6.07) is 4.95. The lowest BCUT2D eigenvalue weighted by Crippen LogP contribution is -2.43. The largest absolute Gasteiger partial charge is 0.361 e. The molecule has 4 heterocycles. The Morgan fingerprint density at radius 1 is 0.854 bits per heavy atom. The Balaban J connectivity index is 0.000000198. The number of aromatic nitrogens is 6. The molecule has 4 atom stereocenters. The molecule has 2 saturated carbocycles. The number of amides is 4. The van der Waals surface area contributed by atoms with Gasteiger partial charge in [0.25, 0.3) is 0 Å². The van der Waals surface area contributed by atoms with Crippen LogP contribution in [0.15, 0.2) is 36.9 Å². The summed E-state index contributed by atoms with van der Waals surface area (Å²) >= 11 is 0. The van der Waals surface area contributed by atoms with Gasteiger partial charge in [0.1, 0.15) is 17.8 Å². The van der Waals surface area contributed by atoms with Crippen LogP contribution in [0.5, 0.6) is 0 Å². The third-order valence-electron chi connectivity index (χ3n) is 9.29. The summed E-state index contributed by atoms with van der Waals surface area (Å²) in [4.78, 5) is 44.8. The number of carbonyl (C=O) groups is 2.